The van der Waals surface area contributed by atoms with Crippen molar-refractivity contribution in [2.24, 2.45) is 0 Å². The van der Waals surface area contributed by atoms with Crippen LogP contribution in [0.5, 0.6) is 0 Å². The summed E-state index contributed by atoms with van der Waals surface area (Å²) in [6, 6.07) is 7.19. The zero-order chi connectivity index (χ0) is 13.1. The van der Waals surface area contributed by atoms with Gasteiger partial charge in [-0.25, -0.2) is 4.79 Å². The summed E-state index contributed by atoms with van der Waals surface area (Å²) in [5.41, 5.74) is -0.781. The minimum Gasteiger partial charge on any atom is -0.479 e. The number of aliphatic carboxylic acids is 1. The average molecular weight is 258 g/mol. The Labute approximate surface area is 105 Å². The summed E-state index contributed by atoms with van der Waals surface area (Å²) in [7, 11) is 0. The van der Waals surface area contributed by atoms with E-state index < -0.39 is 11.6 Å². The first-order chi connectivity index (χ1) is 7.83. The topological polar surface area (TPSA) is 69.6 Å². The minimum atomic E-state index is -1.76. The molecule has 1 unspecified atom stereocenters. The molecule has 3 N–H and O–H groups in total. The Kier molecular flexibility index (Phi) is 4.51. The normalized spacial score (nSPS) is 16.2. The number of carboxylic acid groups (broad SMARTS) is 1. The predicted octanol–water partition coefficient (Wildman–Crippen LogP) is 1.83. The van der Waals surface area contributed by atoms with Crippen LogP contribution in [0.2, 0.25) is 5.02 Å². The van der Waals surface area contributed by atoms with E-state index in [2.05, 4.69) is 5.32 Å². The molecule has 0 saturated carbocycles. The lowest BCUT2D eigenvalue weighted by Gasteiger charge is -2.22. The SMILES string of the molecule is C[C@H](NCC(C)(O)C(=O)O)c1ccc(Cl)cc1. The number of carboxylic acids is 1. The van der Waals surface area contributed by atoms with Crippen molar-refractivity contribution in [3.63, 3.8) is 0 Å². The molecule has 0 bridgehead atoms. The number of hydrogen-bond donors (Lipinski definition) is 3. The maximum absolute atomic E-state index is 10.7. The van der Waals surface area contributed by atoms with E-state index >= 15 is 0 Å². The first-order valence-electron chi connectivity index (χ1n) is 5.27. The molecule has 0 spiro atoms. The van der Waals surface area contributed by atoms with Crippen molar-refractivity contribution < 1.29 is 15.0 Å². The van der Waals surface area contributed by atoms with Crippen LogP contribution in [0.4, 0.5) is 0 Å². The van der Waals surface area contributed by atoms with Gasteiger partial charge in [0.25, 0.3) is 0 Å². The van der Waals surface area contributed by atoms with Crippen molar-refractivity contribution in [2.45, 2.75) is 25.5 Å². The second-order valence-electron chi connectivity index (χ2n) is 4.23. The van der Waals surface area contributed by atoms with Crippen molar-refractivity contribution in [1.82, 2.24) is 5.32 Å². The van der Waals surface area contributed by atoms with Gasteiger partial charge in [0.15, 0.2) is 5.60 Å². The highest BCUT2D eigenvalue weighted by Gasteiger charge is 2.29. The first-order valence-corrected chi connectivity index (χ1v) is 5.65. The van der Waals surface area contributed by atoms with Gasteiger partial charge in [-0.15, -0.1) is 0 Å². The molecule has 0 amide bonds. The molecular formula is C12H16ClNO3. The molecule has 1 aromatic rings. The molecule has 0 aliphatic carbocycles. The number of carbonyl (C=O) groups is 1. The number of halogens is 1. The summed E-state index contributed by atoms with van der Waals surface area (Å²) in [6.45, 7) is 3.13. The van der Waals surface area contributed by atoms with Gasteiger partial charge in [-0.2, -0.15) is 0 Å². The summed E-state index contributed by atoms with van der Waals surface area (Å²) >= 11 is 5.77. The molecule has 17 heavy (non-hydrogen) atoms. The fourth-order valence-corrected chi connectivity index (χ4v) is 1.42. The predicted molar refractivity (Wildman–Crippen MR) is 66.1 cm³/mol. The molecular weight excluding hydrogens is 242 g/mol. The molecule has 94 valence electrons. The molecule has 1 aromatic carbocycles. The molecule has 0 saturated heterocycles. The van der Waals surface area contributed by atoms with Gasteiger partial charge < -0.3 is 15.5 Å². The lowest BCUT2D eigenvalue weighted by atomic mass is 10.1. The quantitative estimate of drug-likeness (QED) is 0.753. The highest BCUT2D eigenvalue weighted by Crippen LogP contribution is 2.16. The van der Waals surface area contributed by atoms with Crippen LogP contribution in [-0.4, -0.2) is 28.3 Å². The Bertz CT molecular complexity index is 389. The van der Waals surface area contributed by atoms with Crippen LogP contribution in [0.1, 0.15) is 25.5 Å². The summed E-state index contributed by atoms with van der Waals surface area (Å²) in [6.07, 6.45) is 0. The molecule has 5 heteroatoms. The maximum Gasteiger partial charge on any atom is 0.336 e. The van der Waals surface area contributed by atoms with Crippen LogP contribution in [0.15, 0.2) is 24.3 Å². The van der Waals surface area contributed by atoms with Gasteiger partial charge in [-0.1, -0.05) is 23.7 Å². The third kappa shape index (κ3) is 4.00. The molecule has 4 nitrogen and oxygen atoms in total. The molecule has 0 aromatic heterocycles. The van der Waals surface area contributed by atoms with E-state index in [0.717, 1.165) is 5.56 Å². The van der Waals surface area contributed by atoms with E-state index in [0.29, 0.717) is 5.02 Å². The van der Waals surface area contributed by atoms with Gasteiger partial charge in [-0.3, -0.25) is 0 Å². The minimum absolute atomic E-state index is 0.0217. The number of hydrogen-bond acceptors (Lipinski definition) is 3. The second kappa shape index (κ2) is 5.49. The van der Waals surface area contributed by atoms with Gasteiger partial charge in [0.1, 0.15) is 0 Å². The smallest absolute Gasteiger partial charge is 0.336 e. The van der Waals surface area contributed by atoms with Gasteiger partial charge >= 0.3 is 5.97 Å². The van der Waals surface area contributed by atoms with E-state index in [1.54, 1.807) is 12.1 Å². The Morgan fingerprint density at radius 3 is 2.47 bits per heavy atom. The van der Waals surface area contributed by atoms with Gasteiger partial charge in [0, 0.05) is 17.6 Å². The summed E-state index contributed by atoms with van der Waals surface area (Å²) in [5, 5.41) is 21.9. The van der Waals surface area contributed by atoms with Gasteiger partial charge in [0.05, 0.1) is 0 Å². The third-order valence-corrected chi connectivity index (χ3v) is 2.84. The molecule has 0 radical (unpaired) electrons. The number of aliphatic hydroxyl groups is 1. The van der Waals surface area contributed by atoms with Crippen molar-refractivity contribution in [1.29, 1.82) is 0 Å². The van der Waals surface area contributed by atoms with Gasteiger partial charge in [0.2, 0.25) is 0 Å². The van der Waals surface area contributed by atoms with Crippen LogP contribution in [0.3, 0.4) is 0 Å². The molecule has 0 heterocycles. The highest BCUT2D eigenvalue weighted by atomic mass is 35.5. The summed E-state index contributed by atoms with van der Waals surface area (Å²) in [5.74, 6) is -1.24. The zero-order valence-corrected chi connectivity index (χ0v) is 10.5. The average Bonchev–Trinajstić information content (AvgIpc) is 2.27. The molecule has 2 atom stereocenters. The van der Waals surface area contributed by atoms with Crippen molar-refractivity contribution in [3.05, 3.63) is 34.9 Å². The van der Waals surface area contributed by atoms with Crippen molar-refractivity contribution in [3.8, 4) is 0 Å². The lowest BCUT2D eigenvalue weighted by molar-refractivity contribution is -0.156. The molecule has 1 rings (SSSR count). The second-order valence-corrected chi connectivity index (χ2v) is 4.67. The Morgan fingerprint density at radius 1 is 1.47 bits per heavy atom. The third-order valence-electron chi connectivity index (χ3n) is 2.58. The monoisotopic (exact) mass is 257 g/mol. The Morgan fingerprint density at radius 2 is 2.00 bits per heavy atom. The number of benzene rings is 1. The number of rotatable bonds is 5. The fraction of sp³-hybridized carbons (Fsp3) is 0.417. The van der Waals surface area contributed by atoms with E-state index in [-0.39, 0.29) is 12.6 Å². The van der Waals surface area contributed by atoms with Crippen LogP contribution in [0.25, 0.3) is 0 Å². The van der Waals surface area contributed by atoms with Crippen LogP contribution < -0.4 is 5.32 Å². The lowest BCUT2D eigenvalue weighted by Crippen LogP contribution is -2.45. The van der Waals surface area contributed by atoms with Crippen LogP contribution in [-0.2, 0) is 4.79 Å². The fourth-order valence-electron chi connectivity index (χ4n) is 1.30. The van der Waals surface area contributed by atoms with E-state index in [9.17, 15) is 9.90 Å². The van der Waals surface area contributed by atoms with E-state index in [1.165, 1.54) is 6.92 Å². The summed E-state index contributed by atoms with van der Waals surface area (Å²) in [4.78, 5) is 10.7. The maximum atomic E-state index is 10.7. The van der Waals surface area contributed by atoms with E-state index in [4.69, 9.17) is 16.7 Å². The summed E-state index contributed by atoms with van der Waals surface area (Å²) < 4.78 is 0. The van der Waals surface area contributed by atoms with E-state index in [1.807, 2.05) is 19.1 Å². The number of nitrogens with one attached hydrogen (secondary N) is 1. The Balaban J connectivity index is 2.58. The molecule has 0 fully saturated rings. The zero-order valence-electron chi connectivity index (χ0n) is 9.77. The highest BCUT2D eigenvalue weighted by molar-refractivity contribution is 6.30. The molecule has 0 aliphatic heterocycles. The van der Waals surface area contributed by atoms with Crippen molar-refractivity contribution in [2.75, 3.05) is 6.54 Å². The first kappa shape index (κ1) is 14.0. The van der Waals surface area contributed by atoms with Crippen LogP contribution in [0, 0.1) is 0 Å². The molecule has 0 aliphatic rings. The van der Waals surface area contributed by atoms with Crippen LogP contribution >= 0.6 is 11.6 Å². The Hall–Kier alpha value is -1.10. The standard InChI is InChI=1S/C12H16ClNO3/c1-8(9-3-5-10(13)6-4-9)14-7-12(2,17)11(15)16/h3-6,8,14,17H,7H2,1-2H3,(H,15,16)/t8-,12?/m0/s1. The van der Waals surface area contributed by atoms with Gasteiger partial charge in [-0.05, 0) is 31.5 Å². The largest absolute Gasteiger partial charge is 0.479 e. The van der Waals surface area contributed by atoms with Crippen molar-refractivity contribution >= 4 is 17.6 Å².